The summed E-state index contributed by atoms with van der Waals surface area (Å²) in [6.07, 6.45) is 2.41. The number of nitrogens with one attached hydrogen (secondary N) is 1. The minimum atomic E-state index is 0.241. The molecule has 65 valence electrons. The van der Waals surface area contributed by atoms with E-state index in [1.54, 1.807) is 6.20 Å². The SMILES string of the molecule is [CH2]CCNc1nc(Cl)ncc1Br. The van der Waals surface area contributed by atoms with Gasteiger partial charge in [0, 0.05) is 12.7 Å². The number of hydrogen-bond acceptors (Lipinski definition) is 3. The first kappa shape index (κ1) is 9.74. The van der Waals surface area contributed by atoms with Gasteiger partial charge in [-0.2, -0.15) is 4.98 Å². The first-order chi connectivity index (χ1) is 5.74. The van der Waals surface area contributed by atoms with Gasteiger partial charge in [0.1, 0.15) is 5.82 Å². The molecule has 0 aliphatic carbocycles. The zero-order chi connectivity index (χ0) is 8.97. The number of halogens is 2. The molecule has 0 aliphatic heterocycles. The standard InChI is InChI=1S/C7H8BrClN3/c1-2-3-10-6-5(8)4-11-7(9)12-6/h4H,1-3H2,(H,10,11,12). The van der Waals surface area contributed by atoms with E-state index in [-0.39, 0.29) is 5.28 Å². The van der Waals surface area contributed by atoms with E-state index in [0.29, 0.717) is 5.82 Å². The Bertz CT molecular complexity index is 267. The van der Waals surface area contributed by atoms with Gasteiger partial charge in [0.15, 0.2) is 0 Å². The summed E-state index contributed by atoms with van der Waals surface area (Å²) in [5.41, 5.74) is 0. The average molecular weight is 250 g/mol. The van der Waals surface area contributed by atoms with E-state index < -0.39 is 0 Å². The second kappa shape index (κ2) is 4.62. The Morgan fingerprint density at radius 3 is 3.08 bits per heavy atom. The Balaban J connectivity index is 2.75. The van der Waals surface area contributed by atoms with Crippen molar-refractivity contribution in [1.29, 1.82) is 0 Å². The van der Waals surface area contributed by atoms with Crippen LogP contribution in [0.1, 0.15) is 6.42 Å². The Kier molecular flexibility index (Phi) is 3.75. The Hall–Kier alpha value is -0.350. The van der Waals surface area contributed by atoms with Crippen LogP contribution >= 0.6 is 27.5 Å². The maximum absolute atomic E-state index is 5.60. The van der Waals surface area contributed by atoms with Crippen molar-refractivity contribution >= 4 is 33.3 Å². The summed E-state index contributed by atoms with van der Waals surface area (Å²) >= 11 is 8.89. The summed E-state index contributed by atoms with van der Waals surface area (Å²) in [6, 6.07) is 0. The summed E-state index contributed by atoms with van der Waals surface area (Å²) < 4.78 is 0.806. The fourth-order valence-corrected chi connectivity index (χ4v) is 1.14. The molecule has 0 amide bonds. The third-order valence-electron chi connectivity index (χ3n) is 1.18. The molecule has 0 saturated heterocycles. The molecule has 3 nitrogen and oxygen atoms in total. The lowest BCUT2D eigenvalue weighted by molar-refractivity contribution is 1.03. The molecule has 1 heterocycles. The summed E-state index contributed by atoms with van der Waals surface area (Å²) in [6.45, 7) is 4.47. The largest absolute Gasteiger partial charge is 0.369 e. The fourth-order valence-electron chi connectivity index (χ4n) is 0.676. The monoisotopic (exact) mass is 248 g/mol. The smallest absolute Gasteiger partial charge is 0.224 e. The molecule has 5 heteroatoms. The van der Waals surface area contributed by atoms with Gasteiger partial charge in [-0.15, -0.1) is 0 Å². The first-order valence-corrected chi connectivity index (χ1v) is 4.62. The second-order valence-corrected chi connectivity index (χ2v) is 3.31. The lowest BCUT2D eigenvalue weighted by Gasteiger charge is -2.04. The molecule has 1 aromatic rings. The molecule has 0 saturated carbocycles. The van der Waals surface area contributed by atoms with Gasteiger partial charge < -0.3 is 5.32 Å². The van der Waals surface area contributed by atoms with Gasteiger partial charge in [-0.05, 0) is 34.0 Å². The van der Waals surface area contributed by atoms with Gasteiger partial charge in [-0.1, -0.05) is 6.92 Å². The van der Waals surface area contributed by atoms with E-state index in [2.05, 4.69) is 38.1 Å². The van der Waals surface area contributed by atoms with Crippen LogP contribution in [0.3, 0.4) is 0 Å². The van der Waals surface area contributed by atoms with Crippen LogP contribution in [0.2, 0.25) is 5.28 Å². The summed E-state index contributed by atoms with van der Waals surface area (Å²) in [4.78, 5) is 7.78. The van der Waals surface area contributed by atoms with Crippen LogP contribution in [0.4, 0.5) is 5.82 Å². The topological polar surface area (TPSA) is 37.8 Å². The van der Waals surface area contributed by atoms with Crippen molar-refractivity contribution in [3.05, 3.63) is 22.9 Å². The van der Waals surface area contributed by atoms with Crippen LogP contribution < -0.4 is 5.32 Å². The molecule has 1 N–H and O–H groups in total. The van der Waals surface area contributed by atoms with Crippen LogP contribution in [0.5, 0.6) is 0 Å². The van der Waals surface area contributed by atoms with E-state index in [9.17, 15) is 0 Å². The van der Waals surface area contributed by atoms with Crippen molar-refractivity contribution in [3.8, 4) is 0 Å². The minimum absolute atomic E-state index is 0.241. The quantitative estimate of drug-likeness (QED) is 0.837. The zero-order valence-electron chi connectivity index (χ0n) is 6.35. The number of hydrogen-bond donors (Lipinski definition) is 1. The van der Waals surface area contributed by atoms with Gasteiger partial charge >= 0.3 is 0 Å². The predicted octanol–water partition coefficient (Wildman–Crippen LogP) is 2.53. The maximum atomic E-state index is 5.60. The van der Waals surface area contributed by atoms with Crippen LogP contribution in [0, 0.1) is 6.92 Å². The first-order valence-electron chi connectivity index (χ1n) is 3.45. The molecule has 0 aliphatic rings. The van der Waals surface area contributed by atoms with Gasteiger partial charge in [-0.3, -0.25) is 0 Å². The highest BCUT2D eigenvalue weighted by Gasteiger charge is 2.01. The van der Waals surface area contributed by atoms with Crippen LogP contribution in [-0.4, -0.2) is 16.5 Å². The molecule has 1 aromatic heterocycles. The Morgan fingerprint density at radius 2 is 2.42 bits per heavy atom. The Labute approximate surface area is 84.7 Å². The molecule has 0 fully saturated rings. The molecule has 0 unspecified atom stereocenters. The molecule has 0 bridgehead atoms. The minimum Gasteiger partial charge on any atom is -0.369 e. The van der Waals surface area contributed by atoms with Crippen molar-refractivity contribution in [1.82, 2.24) is 9.97 Å². The van der Waals surface area contributed by atoms with Crippen molar-refractivity contribution in [2.75, 3.05) is 11.9 Å². The van der Waals surface area contributed by atoms with E-state index in [0.717, 1.165) is 17.4 Å². The van der Waals surface area contributed by atoms with E-state index in [1.165, 1.54) is 0 Å². The van der Waals surface area contributed by atoms with Gasteiger partial charge in [0.25, 0.3) is 0 Å². The molecule has 12 heavy (non-hydrogen) atoms. The van der Waals surface area contributed by atoms with Crippen LogP contribution in [-0.2, 0) is 0 Å². The van der Waals surface area contributed by atoms with E-state index in [4.69, 9.17) is 11.6 Å². The third-order valence-corrected chi connectivity index (χ3v) is 1.95. The van der Waals surface area contributed by atoms with Crippen LogP contribution in [0.15, 0.2) is 10.7 Å². The van der Waals surface area contributed by atoms with Crippen molar-refractivity contribution in [3.63, 3.8) is 0 Å². The van der Waals surface area contributed by atoms with Crippen molar-refractivity contribution < 1.29 is 0 Å². The summed E-state index contributed by atoms with van der Waals surface area (Å²) in [7, 11) is 0. The number of aromatic nitrogens is 2. The molecule has 0 aromatic carbocycles. The van der Waals surface area contributed by atoms with Crippen LogP contribution in [0.25, 0.3) is 0 Å². The van der Waals surface area contributed by atoms with Gasteiger partial charge in [-0.25, -0.2) is 4.98 Å². The number of anilines is 1. The normalized spacial score (nSPS) is 9.92. The van der Waals surface area contributed by atoms with E-state index >= 15 is 0 Å². The molecule has 0 atom stereocenters. The highest BCUT2D eigenvalue weighted by molar-refractivity contribution is 9.10. The summed E-state index contributed by atoms with van der Waals surface area (Å²) in [5.74, 6) is 0.707. The predicted molar refractivity (Wildman–Crippen MR) is 53.2 cm³/mol. The Morgan fingerprint density at radius 1 is 1.67 bits per heavy atom. The molecule has 1 radical (unpaired) electrons. The number of rotatable bonds is 3. The molecular weight excluding hydrogens is 241 g/mol. The average Bonchev–Trinajstić information content (AvgIpc) is 2.07. The molecule has 0 spiro atoms. The van der Waals surface area contributed by atoms with Crippen molar-refractivity contribution in [2.24, 2.45) is 0 Å². The highest BCUT2D eigenvalue weighted by atomic mass is 79.9. The second-order valence-electron chi connectivity index (χ2n) is 2.12. The summed E-state index contributed by atoms with van der Waals surface area (Å²) in [5, 5.41) is 3.30. The highest BCUT2D eigenvalue weighted by Crippen LogP contribution is 2.19. The van der Waals surface area contributed by atoms with E-state index in [1.807, 2.05) is 0 Å². The van der Waals surface area contributed by atoms with Gasteiger partial charge in [0.2, 0.25) is 5.28 Å². The molecular formula is C7H8BrClN3. The maximum Gasteiger partial charge on any atom is 0.224 e. The lowest BCUT2D eigenvalue weighted by Crippen LogP contribution is -2.03. The molecule has 1 rings (SSSR count). The zero-order valence-corrected chi connectivity index (χ0v) is 8.69. The van der Waals surface area contributed by atoms with Gasteiger partial charge in [0.05, 0.1) is 4.47 Å². The third kappa shape index (κ3) is 2.60. The number of nitrogens with zero attached hydrogens (tertiary/aromatic N) is 2. The van der Waals surface area contributed by atoms with Crippen molar-refractivity contribution in [2.45, 2.75) is 6.42 Å². The lowest BCUT2D eigenvalue weighted by atomic mass is 10.4. The fraction of sp³-hybridized carbons (Fsp3) is 0.286.